The lowest BCUT2D eigenvalue weighted by molar-refractivity contribution is -0.105. The van der Waals surface area contributed by atoms with Crippen molar-refractivity contribution in [2.75, 3.05) is 7.11 Å². The van der Waals surface area contributed by atoms with Crippen molar-refractivity contribution in [3.63, 3.8) is 0 Å². The zero-order valence-corrected chi connectivity index (χ0v) is 4.47. The van der Waals surface area contributed by atoms with Crippen LogP contribution in [0, 0.1) is 0 Å². The molecule has 0 saturated heterocycles. The first kappa shape index (κ1) is 6.21. The van der Waals surface area contributed by atoms with E-state index in [1.807, 2.05) is 0 Å². The highest BCUT2D eigenvalue weighted by Gasteiger charge is 1.77. The van der Waals surface area contributed by atoms with E-state index < -0.39 is 0 Å². The maximum atomic E-state index is 9.75. The predicted molar refractivity (Wildman–Crippen MR) is 26.8 cm³/mol. The molecule has 40 valence electrons. The van der Waals surface area contributed by atoms with Crippen LogP contribution < -0.4 is 0 Å². The van der Waals surface area contributed by atoms with Gasteiger partial charge in [-0.1, -0.05) is 0 Å². The maximum Gasteiger partial charge on any atom is 0.148 e. The van der Waals surface area contributed by atoms with E-state index in [0.717, 1.165) is 6.29 Å². The van der Waals surface area contributed by atoms with Crippen molar-refractivity contribution in [2.24, 2.45) is 0 Å². The molecule has 2 heteroatoms. The minimum atomic E-state index is 0.600. The average molecular weight is 100 g/mol. The summed E-state index contributed by atoms with van der Waals surface area (Å²) in [6.07, 6.45) is 2.14. The second-order valence-electron chi connectivity index (χ2n) is 1.22. The molecule has 0 aliphatic heterocycles. The quantitative estimate of drug-likeness (QED) is 0.290. The Kier molecular flexibility index (Phi) is 3.02. The summed E-state index contributed by atoms with van der Waals surface area (Å²) in [5.74, 6) is 0. The zero-order chi connectivity index (χ0) is 5.70. The number of ether oxygens (including phenoxy) is 1. The molecule has 0 aliphatic rings. The van der Waals surface area contributed by atoms with Gasteiger partial charge in [0.15, 0.2) is 0 Å². The molecule has 0 spiro atoms. The minimum absolute atomic E-state index is 0.600. The fourth-order valence-corrected chi connectivity index (χ4v) is 0.214. The van der Waals surface area contributed by atoms with Gasteiger partial charge in [0.05, 0.1) is 13.4 Å². The van der Waals surface area contributed by atoms with Crippen LogP contribution in [-0.2, 0) is 9.53 Å². The van der Waals surface area contributed by atoms with Crippen LogP contribution in [0.25, 0.3) is 0 Å². The van der Waals surface area contributed by atoms with E-state index in [9.17, 15) is 4.79 Å². The summed E-state index contributed by atoms with van der Waals surface area (Å²) >= 11 is 0. The summed E-state index contributed by atoms with van der Waals surface area (Å²) in [5.41, 5.74) is 0.600. The average Bonchev–Trinajstić information content (AvgIpc) is 1.68. The van der Waals surface area contributed by atoms with E-state index in [2.05, 4.69) is 4.74 Å². The van der Waals surface area contributed by atoms with Gasteiger partial charge in [-0.05, 0) is 6.92 Å². The Morgan fingerprint density at radius 1 is 1.71 bits per heavy atom. The molecule has 0 aromatic rings. The number of aldehydes is 1. The van der Waals surface area contributed by atoms with Crippen molar-refractivity contribution < 1.29 is 9.53 Å². The lowest BCUT2D eigenvalue weighted by Crippen LogP contribution is -1.75. The number of rotatable bonds is 2. The van der Waals surface area contributed by atoms with Crippen molar-refractivity contribution in [3.8, 4) is 0 Å². The van der Waals surface area contributed by atoms with Gasteiger partial charge in [0.1, 0.15) is 6.29 Å². The van der Waals surface area contributed by atoms with Gasteiger partial charge in [-0.15, -0.1) is 0 Å². The normalized spacial score (nSPS) is 10.9. The molecule has 0 unspecified atom stereocenters. The van der Waals surface area contributed by atoms with Gasteiger partial charge >= 0.3 is 0 Å². The standard InChI is InChI=1S/C5H8O2/c1-5(3-6)4-7-2/h3-4H,1-2H3. The molecular formula is C5H8O2. The van der Waals surface area contributed by atoms with Gasteiger partial charge in [-0.2, -0.15) is 0 Å². The monoisotopic (exact) mass is 100 g/mol. The Labute approximate surface area is 42.8 Å². The summed E-state index contributed by atoms with van der Waals surface area (Å²) in [6.45, 7) is 1.68. The van der Waals surface area contributed by atoms with Gasteiger partial charge in [0, 0.05) is 5.57 Å². The SMILES string of the molecule is COC=C(C)C=O. The highest BCUT2D eigenvalue weighted by Crippen LogP contribution is 1.82. The highest BCUT2D eigenvalue weighted by molar-refractivity contribution is 5.71. The molecule has 0 amide bonds. The van der Waals surface area contributed by atoms with Crippen LogP contribution in [0.2, 0.25) is 0 Å². The van der Waals surface area contributed by atoms with Crippen molar-refractivity contribution >= 4 is 6.29 Å². The first-order chi connectivity index (χ1) is 3.31. The van der Waals surface area contributed by atoms with Crippen molar-refractivity contribution in [1.29, 1.82) is 0 Å². The molecule has 0 fully saturated rings. The van der Waals surface area contributed by atoms with Crippen LogP contribution in [0.4, 0.5) is 0 Å². The highest BCUT2D eigenvalue weighted by atomic mass is 16.5. The largest absolute Gasteiger partial charge is 0.504 e. The van der Waals surface area contributed by atoms with Crippen LogP contribution in [0.3, 0.4) is 0 Å². The number of hydrogen-bond donors (Lipinski definition) is 0. The van der Waals surface area contributed by atoms with Gasteiger partial charge in [-0.3, -0.25) is 4.79 Å². The Balaban J connectivity index is 3.49. The number of carbonyl (C=O) groups is 1. The second kappa shape index (κ2) is 3.40. The molecule has 0 N–H and O–H groups in total. The molecule has 2 nitrogen and oxygen atoms in total. The molecule has 0 bridgehead atoms. The van der Waals surface area contributed by atoms with E-state index in [4.69, 9.17) is 0 Å². The fourth-order valence-electron chi connectivity index (χ4n) is 0.214. The Morgan fingerprint density at radius 2 is 2.29 bits per heavy atom. The molecular weight excluding hydrogens is 92.1 g/mol. The summed E-state index contributed by atoms with van der Waals surface area (Å²) in [7, 11) is 1.51. The van der Waals surface area contributed by atoms with Crippen LogP contribution in [0.1, 0.15) is 6.92 Å². The van der Waals surface area contributed by atoms with Crippen LogP contribution in [0.5, 0.6) is 0 Å². The second-order valence-corrected chi connectivity index (χ2v) is 1.22. The summed E-state index contributed by atoms with van der Waals surface area (Å²) in [5, 5.41) is 0. The number of hydrogen-bond acceptors (Lipinski definition) is 2. The third-order valence-corrected chi connectivity index (χ3v) is 0.490. The summed E-state index contributed by atoms with van der Waals surface area (Å²) in [4.78, 5) is 9.75. The molecule has 7 heavy (non-hydrogen) atoms. The summed E-state index contributed by atoms with van der Waals surface area (Å²) < 4.78 is 4.50. The van der Waals surface area contributed by atoms with Crippen molar-refractivity contribution in [1.82, 2.24) is 0 Å². The topological polar surface area (TPSA) is 26.3 Å². The van der Waals surface area contributed by atoms with Crippen LogP contribution >= 0.6 is 0 Å². The van der Waals surface area contributed by atoms with Crippen LogP contribution in [-0.4, -0.2) is 13.4 Å². The molecule has 0 atom stereocenters. The Morgan fingerprint density at radius 3 is 2.43 bits per heavy atom. The zero-order valence-electron chi connectivity index (χ0n) is 4.47. The number of carbonyl (C=O) groups excluding carboxylic acids is 1. The third-order valence-electron chi connectivity index (χ3n) is 0.490. The van der Waals surface area contributed by atoms with Crippen molar-refractivity contribution in [3.05, 3.63) is 11.8 Å². The Bertz CT molecular complexity index is 84.1. The fraction of sp³-hybridized carbons (Fsp3) is 0.400. The molecule has 0 saturated carbocycles. The molecule has 0 aromatic carbocycles. The molecule has 0 heterocycles. The van der Waals surface area contributed by atoms with Crippen LogP contribution in [0.15, 0.2) is 11.8 Å². The summed E-state index contributed by atoms with van der Waals surface area (Å²) in [6, 6.07) is 0. The van der Waals surface area contributed by atoms with E-state index >= 15 is 0 Å². The smallest absolute Gasteiger partial charge is 0.148 e. The maximum absolute atomic E-state index is 9.75. The van der Waals surface area contributed by atoms with Gasteiger partial charge in [0.2, 0.25) is 0 Å². The Hall–Kier alpha value is -0.790. The lowest BCUT2D eigenvalue weighted by Gasteiger charge is -1.84. The molecule has 0 radical (unpaired) electrons. The van der Waals surface area contributed by atoms with Gasteiger partial charge in [0.25, 0.3) is 0 Å². The minimum Gasteiger partial charge on any atom is -0.504 e. The predicted octanol–water partition coefficient (Wildman–Crippen LogP) is 0.736. The van der Waals surface area contributed by atoms with Gasteiger partial charge < -0.3 is 4.74 Å². The number of methoxy groups -OCH3 is 1. The lowest BCUT2D eigenvalue weighted by atomic mass is 10.4. The third kappa shape index (κ3) is 3.03. The molecule has 0 aliphatic carbocycles. The van der Waals surface area contributed by atoms with E-state index in [1.54, 1.807) is 6.92 Å². The number of allylic oxidation sites excluding steroid dienone is 1. The van der Waals surface area contributed by atoms with E-state index in [1.165, 1.54) is 13.4 Å². The first-order valence-electron chi connectivity index (χ1n) is 1.96. The van der Waals surface area contributed by atoms with E-state index in [-0.39, 0.29) is 0 Å². The van der Waals surface area contributed by atoms with Gasteiger partial charge in [-0.25, -0.2) is 0 Å². The molecule has 0 rings (SSSR count). The first-order valence-corrected chi connectivity index (χ1v) is 1.96. The van der Waals surface area contributed by atoms with E-state index in [0.29, 0.717) is 5.57 Å². The molecule has 0 aromatic heterocycles. The van der Waals surface area contributed by atoms with Crippen molar-refractivity contribution in [2.45, 2.75) is 6.92 Å².